The third-order valence-electron chi connectivity index (χ3n) is 4.33. The summed E-state index contributed by atoms with van der Waals surface area (Å²) >= 11 is 0. The fourth-order valence-corrected chi connectivity index (χ4v) is 4.63. The fraction of sp³-hybridized carbons (Fsp3) is 1.00. The zero-order chi connectivity index (χ0) is 14.6. The molecule has 20 heavy (non-hydrogen) atoms. The molecule has 0 saturated carbocycles. The van der Waals surface area contributed by atoms with Crippen molar-refractivity contribution in [1.29, 1.82) is 0 Å². The predicted octanol–water partition coefficient (Wildman–Crippen LogP) is 0.00940. The first-order valence-corrected chi connectivity index (χ1v) is 9.03. The number of hydrogen-bond donors (Lipinski definition) is 2. The van der Waals surface area contributed by atoms with Gasteiger partial charge in [-0.3, -0.25) is 0 Å². The molecule has 2 N–H and O–H groups in total. The Morgan fingerprint density at radius 3 is 2.55 bits per heavy atom. The second-order valence-corrected chi connectivity index (χ2v) is 7.89. The minimum Gasteiger partial charge on any atom is -0.395 e. The van der Waals surface area contributed by atoms with Crippen molar-refractivity contribution >= 4 is 10.2 Å². The van der Waals surface area contributed by atoms with Crippen LogP contribution in [0.15, 0.2) is 0 Å². The molecule has 0 spiro atoms. The van der Waals surface area contributed by atoms with Crippen molar-refractivity contribution in [2.75, 3.05) is 39.3 Å². The quantitative estimate of drug-likeness (QED) is 0.725. The Hall–Kier alpha value is -0.210. The van der Waals surface area contributed by atoms with Crippen molar-refractivity contribution in [2.24, 2.45) is 5.92 Å². The number of hydrogen-bond acceptors (Lipinski definition) is 4. The van der Waals surface area contributed by atoms with Gasteiger partial charge in [0.1, 0.15) is 0 Å². The summed E-state index contributed by atoms with van der Waals surface area (Å²) < 4.78 is 28.4. The Bertz CT molecular complexity index is 388. The standard InChI is InChI=1S/C13H27N3O3S/c1-12-4-7-15(8-5-12)20(18,19)16(9-10-17)11-13-3-2-6-14-13/h12-14,17H,2-11H2,1H3. The van der Waals surface area contributed by atoms with E-state index in [0.29, 0.717) is 25.6 Å². The van der Waals surface area contributed by atoms with E-state index in [1.165, 1.54) is 4.31 Å². The molecule has 0 aromatic heterocycles. The second-order valence-electron chi connectivity index (χ2n) is 5.96. The largest absolute Gasteiger partial charge is 0.395 e. The minimum atomic E-state index is -3.43. The van der Waals surface area contributed by atoms with Gasteiger partial charge in [0.25, 0.3) is 10.2 Å². The molecular weight excluding hydrogens is 278 g/mol. The molecule has 1 unspecified atom stereocenters. The van der Waals surface area contributed by atoms with Crippen LogP contribution in [0.5, 0.6) is 0 Å². The fourth-order valence-electron chi connectivity index (χ4n) is 2.95. The van der Waals surface area contributed by atoms with E-state index < -0.39 is 10.2 Å². The van der Waals surface area contributed by atoms with E-state index in [9.17, 15) is 8.42 Å². The SMILES string of the molecule is CC1CCN(S(=O)(=O)N(CCO)CC2CCCN2)CC1. The van der Waals surface area contributed by atoms with Crippen LogP contribution in [-0.4, -0.2) is 67.5 Å². The highest BCUT2D eigenvalue weighted by molar-refractivity contribution is 7.86. The molecule has 0 aromatic rings. The van der Waals surface area contributed by atoms with Gasteiger partial charge >= 0.3 is 0 Å². The Morgan fingerprint density at radius 1 is 1.30 bits per heavy atom. The molecule has 0 aromatic carbocycles. The lowest BCUT2D eigenvalue weighted by Gasteiger charge is -2.34. The molecule has 7 heteroatoms. The zero-order valence-corrected chi connectivity index (χ0v) is 13.1. The van der Waals surface area contributed by atoms with Crippen molar-refractivity contribution < 1.29 is 13.5 Å². The smallest absolute Gasteiger partial charge is 0.282 e. The normalized spacial score (nSPS) is 26.4. The summed E-state index contributed by atoms with van der Waals surface area (Å²) in [6, 6.07) is 0.222. The minimum absolute atomic E-state index is 0.129. The van der Waals surface area contributed by atoms with Gasteiger partial charge in [0.05, 0.1) is 6.61 Å². The highest BCUT2D eigenvalue weighted by atomic mass is 32.2. The Balaban J connectivity index is 2.01. The molecule has 2 saturated heterocycles. The lowest BCUT2D eigenvalue weighted by Crippen LogP contribution is -2.51. The molecule has 0 aliphatic carbocycles. The van der Waals surface area contributed by atoms with E-state index >= 15 is 0 Å². The van der Waals surface area contributed by atoms with Gasteiger partial charge < -0.3 is 10.4 Å². The van der Waals surface area contributed by atoms with E-state index in [4.69, 9.17) is 5.11 Å². The summed E-state index contributed by atoms with van der Waals surface area (Å²) in [4.78, 5) is 0. The van der Waals surface area contributed by atoms with Gasteiger partial charge in [0.15, 0.2) is 0 Å². The summed E-state index contributed by atoms with van der Waals surface area (Å²) in [6.07, 6.45) is 3.95. The van der Waals surface area contributed by atoms with Crippen LogP contribution in [0.1, 0.15) is 32.6 Å². The molecular formula is C13H27N3O3S. The van der Waals surface area contributed by atoms with Gasteiger partial charge in [0.2, 0.25) is 0 Å². The first kappa shape index (κ1) is 16.2. The Labute approximate surface area is 122 Å². The van der Waals surface area contributed by atoms with Crippen LogP contribution in [0.25, 0.3) is 0 Å². The van der Waals surface area contributed by atoms with Crippen LogP contribution in [0.2, 0.25) is 0 Å². The third-order valence-corrected chi connectivity index (χ3v) is 6.33. The number of rotatable bonds is 6. The zero-order valence-electron chi connectivity index (χ0n) is 12.3. The summed E-state index contributed by atoms with van der Waals surface area (Å²) in [5.74, 6) is 0.601. The molecule has 118 valence electrons. The number of nitrogens with one attached hydrogen (secondary N) is 1. The van der Waals surface area contributed by atoms with Gasteiger partial charge in [-0.25, -0.2) is 0 Å². The summed E-state index contributed by atoms with van der Waals surface area (Å²) in [6.45, 7) is 4.85. The number of aliphatic hydroxyl groups excluding tert-OH is 1. The Kier molecular flexibility index (Phi) is 5.80. The van der Waals surface area contributed by atoms with Crippen LogP contribution in [0.4, 0.5) is 0 Å². The maximum absolute atomic E-state index is 12.7. The molecule has 0 amide bonds. The van der Waals surface area contributed by atoms with E-state index in [1.54, 1.807) is 4.31 Å². The maximum atomic E-state index is 12.7. The first-order valence-electron chi connectivity index (χ1n) is 7.63. The van der Waals surface area contributed by atoms with Crippen LogP contribution < -0.4 is 5.32 Å². The monoisotopic (exact) mass is 305 g/mol. The first-order chi connectivity index (χ1) is 9.54. The topological polar surface area (TPSA) is 72.9 Å². The summed E-state index contributed by atoms with van der Waals surface area (Å²) in [5, 5.41) is 12.5. The average molecular weight is 305 g/mol. The predicted molar refractivity (Wildman–Crippen MR) is 78.6 cm³/mol. The Morgan fingerprint density at radius 2 is 2.00 bits per heavy atom. The molecule has 2 heterocycles. The molecule has 0 bridgehead atoms. The molecule has 1 atom stereocenters. The van der Waals surface area contributed by atoms with Crippen molar-refractivity contribution in [1.82, 2.24) is 13.9 Å². The van der Waals surface area contributed by atoms with Gasteiger partial charge in [-0.05, 0) is 38.1 Å². The highest BCUT2D eigenvalue weighted by Crippen LogP contribution is 2.21. The maximum Gasteiger partial charge on any atom is 0.282 e. The van der Waals surface area contributed by atoms with Crippen LogP contribution in [-0.2, 0) is 10.2 Å². The highest BCUT2D eigenvalue weighted by Gasteiger charge is 2.33. The van der Waals surface area contributed by atoms with Gasteiger partial charge in [-0.15, -0.1) is 0 Å². The molecule has 2 aliphatic rings. The van der Waals surface area contributed by atoms with Crippen LogP contribution >= 0.6 is 0 Å². The van der Waals surface area contributed by atoms with E-state index in [2.05, 4.69) is 12.2 Å². The lowest BCUT2D eigenvalue weighted by molar-refractivity contribution is 0.223. The van der Waals surface area contributed by atoms with Gasteiger partial charge in [-0.2, -0.15) is 17.0 Å². The number of nitrogens with zero attached hydrogens (tertiary/aromatic N) is 2. The van der Waals surface area contributed by atoms with Crippen LogP contribution in [0.3, 0.4) is 0 Å². The van der Waals surface area contributed by atoms with E-state index in [0.717, 1.165) is 32.2 Å². The molecule has 2 fully saturated rings. The number of aliphatic hydroxyl groups is 1. The van der Waals surface area contributed by atoms with Crippen molar-refractivity contribution in [3.63, 3.8) is 0 Å². The van der Waals surface area contributed by atoms with Gasteiger partial charge in [-0.1, -0.05) is 6.92 Å². The third kappa shape index (κ3) is 3.92. The molecule has 0 radical (unpaired) electrons. The van der Waals surface area contributed by atoms with Crippen molar-refractivity contribution in [3.05, 3.63) is 0 Å². The number of piperidine rings is 1. The molecule has 6 nitrogen and oxygen atoms in total. The molecule has 2 aliphatic heterocycles. The van der Waals surface area contributed by atoms with Crippen molar-refractivity contribution in [3.8, 4) is 0 Å². The van der Waals surface area contributed by atoms with E-state index in [1.807, 2.05) is 0 Å². The van der Waals surface area contributed by atoms with Gasteiger partial charge in [0, 0.05) is 32.2 Å². The van der Waals surface area contributed by atoms with Crippen LogP contribution in [0, 0.1) is 5.92 Å². The second kappa shape index (κ2) is 7.17. The summed E-state index contributed by atoms with van der Waals surface area (Å²) in [7, 11) is -3.43. The van der Waals surface area contributed by atoms with Crippen molar-refractivity contribution in [2.45, 2.75) is 38.6 Å². The summed E-state index contributed by atoms with van der Waals surface area (Å²) in [5.41, 5.74) is 0. The lowest BCUT2D eigenvalue weighted by atomic mass is 10.0. The van der Waals surface area contributed by atoms with E-state index in [-0.39, 0.29) is 19.2 Å². The average Bonchev–Trinajstić information content (AvgIpc) is 2.92. The molecule has 2 rings (SSSR count).